The molecule has 0 saturated heterocycles. The number of nitrogens with zero attached hydrogens (tertiary/aromatic N) is 4. The molecule has 0 spiro atoms. The number of benzene rings is 12. The number of hydrogen-bond donors (Lipinski definition) is 0. The molecule has 0 N–H and O–H groups in total. The van der Waals surface area contributed by atoms with E-state index in [0.717, 1.165) is 99.8 Å². The van der Waals surface area contributed by atoms with Gasteiger partial charge in [0.15, 0.2) is 0 Å². The molecule has 0 aliphatic rings. The van der Waals surface area contributed by atoms with Gasteiger partial charge in [-0.2, -0.15) is 0 Å². The lowest BCUT2D eigenvalue weighted by molar-refractivity contribution is 0.567. The fourth-order valence-electron chi connectivity index (χ4n) is 14.4. The molecule has 0 radical (unpaired) electrons. The minimum atomic E-state index is -0.0443. The van der Waals surface area contributed by atoms with Gasteiger partial charge in [-0.1, -0.05) is 180 Å². The van der Waals surface area contributed by atoms with Crippen molar-refractivity contribution in [2.45, 2.75) is 105 Å². The third-order valence-corrected chi connectivity index (χ3v) is 19.2. The van der Waals surface area contributed by atoms with Gasteiger partial charge >= 0.3 is 0 Å². The van der Waals surface area contributed by atoms with Crippen LogP contribution in [0.15, 0.2) is 251 Å². The van der Waals surface area contributed by atoms with Gasteiger partial charge in [-0.05, 0) is 200 Å². The summed E-state index contributed by atoms with van der Waals surface area (Å²) in [5.41, 5.74) is 21.8. The van der Waals surface area contributed by atoms with Crippen LogP contribution in [0.5, 0.6) is 0 Å². The Hall–Kier alpha value is -10.3. The predicted octanol–water partition coefficient (Wildman–Crippen LogP) is 25.0. The van der Waals surface area contributed by atoms with Crippen LogP contribution in [0.2, 0.25) is 0 Å². The molecular formula is C86H76N4O2. The molecule has 16 rings (SSSR count). The van der Waals surface area contributed by atoms with Crippen molar-refractivity contribution in [1.29, 1.82) is 0 Å². The molecule has 0 amide bonds. The van der Waals surface area contributed by atoms with Gasteiger partial charge in [-0.3, -0.25) is 0 Å². The summed E-state index contributed by atoms with van der Waals surface area (Å²) >= 11 is 0. The highest BCUT2D eigenvalue weighted by atomic mass is 16.3. The van der Waals surface area contributed by atoms with Gasteiger partial charge in [0.1, 0.15) is 22.3 Å². The van der Waals surface area contributed by atoms with E-state index >= 15 is 0 Å². The van der Waals surface area contributed by atoms with Gasteiger partial charge in [0.2, 0.25) is 0 Å². The molecule has 0 bridgehead atoms. The summed E-state index contributed by atoms with van der Waals surface area (Å²) in [4.78, 5) is 4.87. The van der Waals surface area contributed by atoms with E-state index in [-0.39, 0.29) is 21.7 Å². The molecule has 6 heteroatoms. The van der Waals surface area contributed by atoms with Crippen molar-refractivity contribution in [2.24, 2.45) is 0 Å². The first kappa shape index (κ1) is 56.9. The van der Waals surface area contributed by atoms with Gasteiger partial charge < -0.3 is 27.8 Å². The zero-order valence-corrected chi connectivity index (χ0v) is 54.7. The SMILES string of the molecule is CC(C)(C)c1cc(-n2c3ccccc3c3c(N(c4ccccc4)c4ccc5oc6ccc7c(ccc8oc9ccc(N(c%10ccccc%10)c%10cccc%11c%10c%10ccccc%10n%11-c%10cc(C(C)(C)C)cc(C(C)(C)C)c%10)cc9c87)c6c5c4)cccc32)cc(C(C)(C)C)c1. The van der Waals surface area contributed by atoms with Gasteiger partial charge in [-0.15, -0.1) is 0 Å². The maximum atomic E-state index is 6.87. The van der Waals surface area contributed by atoms with E-state index in [0.29, 0.717) is 0 Å². The standard InChI is InChI=1S/C86H76N4O2/c1-83(2,3)53-45-54(84(4,5)6)48-61(47-53)89-69-31-21-19-29-65(69)81-71(33-23-35-73(81)89)87(57-25-15-13-16-26-57)59-37-41-75-67(51-59)79-63-39-44-78-80(64(63)40-43-77(79)91-75)68-52-60(38-42-76(68)92-78)88(58-27-17-14-18-28-58)72-34-24-36-74-82(72)66-30-20-22-32-70(66)90(74)62-49-55(85(7,8)9)46-56(50-62)86(10,11)12/h13-52H,1-12H3. The van der Waals surface area contributed by atoms with Crippen molar-refractivity contribution in [2.75, 3.05) is 9.80 Å². The number of fused-ring (bicyclic) bond motifs is 15. The molecule has 0 aliphatic carbocycles. The van der Waals surface area contributed by atoms with E-state index in [9.17, 15) is 0 Å². The van der Waals surface area contributed by atoms with Crippen molar-refractivity contribution >= 4 is 132 Å². The Morgan fingerprint density at radius 1 is 0.250 bits per heavy atom. The summed E-state index contributed by atoms with van der Waals surface area (Å²) in [5, 5.41) is 11.2. The van der Waals surface area contributed by atoms with E-state index in [2.05, 4.69) is 345 Å². The summed E-state index contributed by atoms with van der Waals surface area (Å²) in [5.74, 6) is 0. The average molecular weight is 1200 g/mol. The summed E-state index contributed by atoms with van der Waals surface area (Å²) < 4.78 is 18.7. The van der Waals surface area contributed by atoms with Gasteiger partial charge in [0.05, 0.1) is 33.4 Å². The second-order valence-corrected chi connectivity index (χ2v) is 29.5. The van der Waals surface area contributed by atoms with Crippen LogP contribution >= 0.6 is 0 Å². The largest absolute Gasteiger partial charge is 0.456 e. The molecule has 4 heterocycles. The van der Waals surface area contributed by atoms with Crippen LogP contribution < -0.4 is 9.80 Å². The molecule has 0 atom stereocenters. The highest BCUT2D eigenvalue weighted by molar-refractivity contribution is 6.28. The van der Waals surface area contributed by atoms with E-state index in [1.807, 2.05) is 0 Å². The summed E-state index contributed by atoms with van der Waals surface area (Å²) in [6.07, 6.45) is 0. The number of rotatable bonds is 8. The van der Waals surface area contributed by atoms with Crippen LogP contribution in [0.25, 0.3) is 110 Å². The number of furan rings is 2. The first-order valence-corrected chi connectivity index (χ1v) is 32.5. The minimum absolute atomic E-state index is 0.0443. The van der Waals surface area contributed by atoms with Crippen molar-refractivity contribution in [1.82, 2.24) is 9.13 Å². The third-order valence-electron chi connectivity index (χ3n) is 19.2. The lowest BCUT2D eigenvalue weighted by atomic mass is 9.80. The Morgan fingerprint density at radius 2 is 0.587 bits per heavy atom. The summed E-state index contributed by atoms with van der Waals surface area (Å²) in [6, 6.07) is 89.6. The number of hydrogen-bond acceptors (Lipinski definition) is 4. The molecule has 452 valence electrons. The Kier molecular flexibility index (Phi) is 12.7. The molecule has 0 fully saturated rings. The molecule has 6 nitrogen and oxygen atoms in total. The molecule has 0 saturated carbocycles. The molecule has 92 heavy (non-hydrogen) atoms. The first-order chi connectivity index (χ1) is 44.2. The van der Waals surface area contributed by atoms with Crippen LogP contribution in [-0.4, -0.2) is 9.13 Å². The number of para-hydroxylation sites is 4. The highest BCUT2D eigenvalue weighted by Gasteiger charge is 2.29. The molecular weight excluding hydrogens is 1120 g/mol. The lowest BCUT2D eigenvalue weighted by Gasteiger charge is -2.27. The molecule has 16 aromatic rings. The van der Waals surface area contributed by atoms with Crippen LogP contribution in [0, 0.1) is 0 Å². The van der Waals surface area contributed by atoms with Crippen molar-refractivity contribution in [3.05, 3.63) is 265 Å². The van der Waals surface area contributed by atoms with E-state index in [4.69, 9.17) is 8.83 Å². The molecule has 0 unspecified atom stereocenters. The second-order valence-electron chi connectivity index (χ2n) is 29.5. The number of anilines is 6. The van der Waals surface area contributed by atoms with E-state index in [1.165, 1.54) is 66.2 Å². The second kappa shape index (κ2) is 20.6. The van der Waals surface area contributed by atoms with Crippen LogP contribution in [0.3, 0.4) is 0 Å². The Morgan fingerprint density at radius 3 is 0.957 bits per heavy atom. The lowest BCUT2D eigenvalue weighted by Crippen LogP contribution is -2.17. The fraction of sp³-hybridized carbons (Fsp3) is 0.186. The normalized spacial score (nSPS) is 12.8. The molecule has 4 aromatic heterocycles. The third kappa shape index (κ3) is 9.20. The zero-order valence-electron chi connectivity index (χ0n) is 54.7. The quantitative estimate of drug-likeness (QED) is 0.152. The Labute approximate surface area is 538 Å². The maximum absolute atomic E-state index is 6.87. The van der Waals surface area contributed by atoms with Gasteiger partial charge in [0.25, 0.3) is 0 Å². The number of aromatic nitrogens is 2. The highest BCUT2D eigenvalue weighted by Crippen LogP contribution is 2.50. The van der Waals surface area contributed by atoms with Gasteiger partial charge in [0, 0.05) is 77.2 Å². The summed E-state index contributed by atoms with van der Waals surface area (Å²) in [7, 11) is 0. The fourth-order valence-corrected chi connectivity index (χ4v) is 14.4. The van der Waals surface area contributed by atoms with Crippen LogP contribution in [-0.2, 0) is 21.7 Å². The maximum Gasteiger partial charge on any atom is 0.136 e. The summed E-state index contributed by atoms with van der Waals surface area (Å²) in [6.45, 7) is 27.8. The first-order valence-electron chi connectivity index (χ1n) is 32.5. The topological polar surface area (TPSA) is 42.6 Å². The Balaban J connectivity index is 0.877. The zero-order chi connectivity index (χ0) is 63.3. The predicted molar refractivity (Wildman–Crippen MR) is 391 cm³/mol. The average Bonchev–Trinajstić information content (AvgIpc) is 1.57. The van der Waals surface area contributed by atoms with Crippen molar-refractivity contribution in [3.63, 3.8) is 0 Å². The van der Waals surface area contributed by atoms with Gasteiger partial charge in [-0.25, -0.2) is 0 Å². The van der Waals surface area contributed by atoms with Crippen molar-refractivity contribution in [3.8, 4) is 11.4 Å². The van der Waals surface area contributed by atoms with Crippen LogP contribution in [0.1, 0.15) is 105 Å². The van der Waals surface area contributed by atoms with E-state index < -0.39 is 0 Å². The molecule has 0 aliphatic heterocycles. The van der Waals surface area contributed by atoms with E-state index in [1.54, 1.807) is 0 Å². The smallest absolute Gasteiger partial charge is 0.136 e. The molecule has 12 aromatic carbocycles. The van der Waals surface area contributed by atoms with Crippen LogP contribution in [0.4, 0.5) is 34.1 Å². The minimum Gasteiger partial charge on any atom is -0.456 e. The monoisotopic (exact) mass is 1200 g/mol. The van der Waals surface area contributed by atoms with Crippen molar-refractivity contribution < 1.29 is 8.83 Å². The Bertz CT molecular complexity index is 5210.